The molecule has 1 heterocycles. The van der Waals surface area contributed by atoms with Gasteiger partial charge < -0.3 is 14.7 Å². The highest BCUT2D eigenvalue weighted by Gasteiger charge is 2.36. The number of aliphatic hydroxyl groups excluding tert-OH is 1. The number of amides is 1. The molecule has 1 aliphatic heterocycles. The van der Waals surface area contributed by atoms with Crippen LogP contribution in [0.3, 0.4) is 0 Å². The molecule has 0 aromatic heterocycles. The fraction of sp³-hybridized carbons (Fsp3) is 0.316. The van der Waals surface area contributed by atoms with Crippen LogP contribution in [0.1, 0.15) is 16.8 Å². The molecule has 6 heteroatoms. The van der Waals surface area contributed by atoms with Gasteiger partial charge in [0.05, 0.1) is 31.9 Å². The van der Waals surface area contributed by atoms with E-state index in [1.54, 1.807) is 37.4 Å². The van der Waals surface area contributed by atoms with E-state index in [1.807, 2.05) is 0 Å². The number of hydrogen-bond donors (Lipinski definition) is 1. The van der Waals surface area contributed by atoms with Crippen molar-refractivity contribution in [1.82, 2.24) is 4.90 Å². The SMILES string of the molecule is COc1ccc(-c2ccc(C(=O)N3C[C@@H](F)C[C@H]3CO)c(F)c2)cc1. The molecule has 0 unspecified atom stereocenters. The van der Waals surface area contributed by atoms with Gasteiger partial charge >= 0.3 is 0 Å². The first kappa shape index (κ1) is 17.4. The highest BCUT2D eigenvalue weighted by atomic mass is 19.1. The quantitative estimate of drug-likeness (QED) is 0.925. The van der Waals surface area contributed by atoms with Crippen molar-refractivity contribution >= 4 is 5.91 Å². The smallest absolute Gasteiger partial charge is 0.257 e. The van der Waals surface area contributed by atoms with Crippen LogP contribution in [0.5, 0.6) is 5.75 Å². The number of aliphatic hydroxyl groups is 1. The van der Waals surface area contributed by atoms with Gasteiger partial charge in [0.1, 0.15) is 17.7 Å². The van der Waals surface area contributed by atoms with E-state index in [9.17, 15) is 18.7 Å². The third-order valence-electron chi connectivity index (χ3n) is 4.46. The van der Waals surface area contributed by atoms with E-state index in [1.165, 1.54) is 17.0 Å². The maximum absolute atomic E-state index is 14.5. The molecule has 1 amide bonds. The van der Waals surface area contributed by atoms with E-state index in [4.69, 9.17) is 4.74 Å². The van der Waals surface area contributed by atoms with Crippen molar-refractivity contribution in [3.63, 3.8) is 0 Å². The monoisotopic (exact) mass is 347 g/mol. The number of carbonyl (C=O) groups excluding carboxylic acids is 1. The average molecular weight is 347 g/mol. The fourth-order valence-electron chi connectivity index (χ4n) is 3.09. The summed E-state index contributed by atoms with van der Waals surface area (Å²) in [5.41, 5.74) is 1.29. The Kier molecular flexibility index (Phi) is 4.99. The van der Waals surface area contributed by atoms with E-state index in [0.717, 1.165) is 5.56 Å². The molecule has 1 saturated heterocycles. The molecule has 3 rings (SSSR count). The summed E-state index contributed by atoms with van der Waals surface area (Å²) in [7, 11) is 1.56. The van der Waals surface area contributed by atoms with Crippen LogP contribution < -0.4 is 4.74 Å². The van der Waals surface area contributed by atoms with Crippen LogP contribution in [-0.4, -0.2) is 48.4 Å². The minimum Gasteiger partial charge on any atom is -0.497 e. The van der Waals surface area contributed by atoms with E-state index >= 15 is 0 Å². The predicted octanol–water partition coefficient (Wildman–Crippen LogP) is 3.05. The molecule has 2 atom stereocenters. The van der Waals surface area contributed by atoms with Crippen LogP contribution in [0.2, 0.25) is 0 Å². The number of methoxy groups -OCH3 is 1. The maximum Gasteiger partial charge on any atom is 0.257 e. The van der Waals surface area contributed by atoms with Crippen LogP contribution in [0.15, 0.2) is 42.5 Å². The maximum atomic E-state index is 14.5. The number of alkyl halides is 1. The molecule has 0 aliphatic carbocycles. The summed E-state index contributed by atoms with van der Waals surface area (Å²) in [5.74, 6) is -0.573. The summed E-state index contributed by atoms with van der Waals surface area (Å²) >= 11 is 0. The van der Waals surface area contributed by atoms with Gasteiger partial charge in [-0.05, 0) is 35.4 Å². The lowest BCUT2D eigenvalue weighted by Gasteiger charge is -2.23. The van der Waals surface area contributed by atoms with Gasteiger partial charge in [0.2, 0.25) is 0 Å². The lowest BCUT2D eigenvalue weighted by molar-refractivity contribution is 0.0668. The molecule has 1 fully saturated rings. The van der Waals surface area contributed by atoms with Crippen molar-refractivity contribution in [2.24, 2.45) is 0 Å². The summed E-state index contributed by atoms with van der Waals surface area (Å²) in [5, 5.41) is 9.29. The summed E-state index contributed by atoms with van der Waals surface area (Å²) < 4.78 is 33.1. The number of rotatable bonds is 4. The second kappa shape index (κ2) is 7.19. The Hall–Kier alpha value is -2.47. The summed E-state index contributed by atoms with van der Waals surface area (Å²) in [6.45, 7) is -0.457. The Labute approximate surface area is 144 Å². The Bertz CT molecular complexity index is 764. The van der Waals surface area contributed by atoms with Crippen LogP contribution in [0, 0.1) is 5.82 Å². The summed E-state index contributed by atoms with van der Waals surface area (Å²) in [6.07, 6.45) is -1.11. The molecule has 0 spiro atoms. The van der Waals surface area contributed by atoms with Gasteiger partial charge in [0, 0.05) is 6.42 Å². The molecular weight excluding hydrogens is 328 g/mol. The third kappa shape index (κ3) is 3.49. The number of likely N-dealkylation sites (tertiary alicyclic amines) is 1. The van der Waals surface area contributed by atoms with Crippen LogP contribution in [0.4, 0.5) is 8.78 Å². The van der Waals surface area contributed by atoms with Crippen molar-refractivity contribution in [3.05, 3.63) is 53.8 Å². The molecule has 2 aromatic carbocycles. The molecular formula is C19H19F2NO3. The van der Waals surface area contributed by atoms with Gasteiger partial charge in [-0.25, -0.2) is 8.78 Å². The minimum absolute atomic E-state index is 0.0772. The number of hydrogen-bond acceptors (Lipinski definition) is 3. The molecule has 0 saturated carbocycles. The van der Waals surface area contributed by atoms with Crippen molar-refractivity contribution in [2.75, 3.05) is 20.3 Å². The fourth-order valence-corrected chi connectivity index (χ4v) is 3.09. The first-order valence-corrected chi connectivity index (χ1v) is 8.03. The van der Waals surface area contributed by atoms with Crippen LogP contribution >= 0.6 is 0 Å². The largest absolute Gasteiger partial charge is 0.497 e. The lowest BCUT2D eigenvalue weighted by Crippen LogP contribution is -2.38. The summed E-state index contributed by atoms with van der Waals surface area (Å²) in [6, 6.07) is 10.9. The molecule has 1 N–H and O–H groups in total. The molecule has 25 heavy (non-hydrogen) atoms. The lowest BCUT2D eigenvalue weighted by atomic mass is 10.0. The molecule has 1 aliphatic rings. The van der Waals surface area contributed by atoms with Gasteiger partial charge in [0.25, 0.3) is 5.91 Å². The zero-order valence-electron chi connectivity index (χ0n) is 13.8. The van der Waals surface area contributed by atoms with Gasteiger partial charge in [-0.3, -0.25) is 4.79 Å². The van der Waals surface area contributed by atoms with Crippen molar-refractivity contribution in [3.8, 4) is 16.9 Å². The topological polar surface area (TPSA) is 49.8 Å². The zero-order chi connectivity index (χ0) is 18.0. The Morgan fingerprint density at radius 1 is 1.24 bits per heavy atom. The second-order valence-electron chi connectivity index (χ2n) is 6.05. The predicted molar refractivity (Wildman–Crippen MR) is 89.8 cm³/mol. The van der Waals surface area contributed by atoms with Crippen molar-refractivity contribution in [1.29, 1.82) is 0 Å². The number of halogens is 2. The van der Waals surface area contributed by atoms with Gasteiger partial charge in [-0.1, -0.05) is 18.2 Å². The van der Waals surface area contributed by atoms with Crippen LogP contribution in [-0.2, 0) is 0 Å². The second-order valence-corrected chi connectivity index (χ2v) is 6.05. The minimum atomic E-state index is -1.19. The highest BCUT2D eigenvalue weighted by molar-refractivity contribution is 5.95. The zero-order valence-corrected chi connectivity index (χ0v) is 13.8. The number of nitrogens with zero attached hydrogens (tertiary/aromatic N) is 1. The molecule has 0 bridgehead atoms. The Morgan fingerprint density at radius 3 is 2.52 bits per heavy atom. The van der Waals surface area contributed by atoms with E-state index < -0.39 is 23.9 Å². The van der Waals surface area contributed by atoms with Gasteiger partial charge in [-0.15, -0.1) is 0 Å². The normalized spacial score (nSPS) is 19.9. The average Bonchev–Trinajstić information content (AvgIpc) is 3.02. The standard InChI is InChI=1S/C19H19F2NO3/c1-25-16-5-2-12(3-6-16)13-4-7-17(18(21)8-13)19(24)22-10-14(20)9-15(22)11-23/h2-8,14-15,23H,9-11H2,1H3/t14-,15-/m0/s1. The van der Waals surface area contributed by atoms with E-state index in [-0.39, 0.29) is 25.1 Å². The number of carbonyl (C=O) groups is 1. The highest BCUT2D eigenvalue weighted by Crippen LogP contribution is 2.27. The molecule has 0 radical (unpaired) electrons. The van der Waals surface area contributed by atoms with E-state index in [0.29, 0.717) is 11.3 Å². The third-order valence-corrected chi connectivity index (χ3v) is 4.46. The first-order valence-electron chi connectivity index (χ1n) is 8.03. The van der Waals surface area contributed by atoms with Gasteiger partial charge in [-0.2, -0.15) is 0 Å². The van der Waals surface area contributed by atoms with Crippen LogP contribution in [0.25, 0.3) is 11.1 Å². The Morgan fingerprint density at radius 2 is 1.92 bits per heavy atom. The molecule has 132 valence electrons. The van der Waals surface area contributed by atoms with Crippen molar-refractivity contribution < 1.29 is 23.4 Å². The molecule has 2 aromatic rings. The number of ether oxygens (including phenoxy) is 1. The number of benzene rings is 2. The van der Waals surface area contributed by atoms with E-state index in [2.05, 4.69) is 0 Å². The molecule has 4 nitrogen and oxygen atoms in total. The Balaban J connectivity index is 1.85. The summed E-state index contributed by atoms with van der Waals surface area (Å²) in [4.78, 5) is 13.7. The first-order chi connectivity index (χ1) is 12.0. The van der Waals surface area contributed by atoms with Crippen molar-refractivity contribution in [2.45, 2.75) is 18.6 Å². The van der Waals surface area contributed by atoms with Gasteiger partial charge in [0.15, 0.2) is 0 Å².